The van der Waals surface area contributed by atoms with Crippen molar-refractivity contribution in [3.63, 3.8) is 0 Å². The highest BCUT2D eigenvalue weighted by molar-refractivity contribution is 6.31. The smallest absolute Gasteiger partial charge is 0.165 e. The molecule has 0 heterocycles. The van der Waals surface area contributed by atoms with Gasteiger partial charge >= 0.3 is 0 Å². The number of benzene rings is 2. The van der Waals surface area contributed by atoms with Crippen molar-refractivity contribution in [2.24, 2.45) is 0 Å². The van der Waals surface area contributed by atoms with Crippen molar-refractivity contribution in [2.75, 3.05) is 7.11 Å². The topological polar surface area (TPSA) is 9.23 Å². The van der Waals surface area contributed by atoms with E-state index in [-0.39, 0.29) is 5.75 Å². The van der Waals surface area contributed by atoms with Gasteiger partial charge < -0.3 is 4.74 Å². The lowest BCUT2D eigenvalue weighted by molar-refractivity contribution is 0.386. The Hall–Kier alpha value is -1.25. The molecule has 19 heavy (non-hydrogen) atoms. The molecule has 1 unspecified atom stereocenters. The average molecular weight is 299 g/mol. The molecule has 0 radical (unpaired) electrons. The molecule has 1 nitrogen and oxygen atoms in total. The minimum atomic E-state index is -0.420. The van der Waals surface area contributed by atoms with Crippen LogP contribution in [0.15, 0.2) is 36.4 Å². The summed E-state index contributed by atoms with van der Waals surface area (Å²) in [6, 6.07) is 10.3. The number of rotatable bonds is 3. The van der Waals surface area contributed by atoms with E-state index in [0.717, 1.165) is 11.1 Å². The highest BCUT2D eigenvalue weighted by Gasteiger charge is 2.14. The Morgan fingerprint density at radius 1 is 1.11 bits per heavy atom. The summed E-state index contributed by atoms with van der Waals surface area (Å²) in [7, 11) is 1.43. The zero-order valence-electron chi connectivity index (χ0n) is 10.6. The SMILES string of the molecule is COc1ccc(C(Cl)c2ccc(Cl)c(C)c2)cc1F. The van der Waals surface area contributed by atoms with Crippen molar-refractivity contribution in [3.05, 3.63) is 63.9 Å². The fourth-order valence-electron chi connectivity index (χ4n) is 1.86. The van der Waals surface area contributed by atoms with E-state index in [1.165, 1.54) is 13.2 Å². The first-order chi connectivity index (χ1) is 9.02. The third kappa shape index (κ3) is 3.02. The Morgan fingerprint density at radius 2 is 1.74 bits per heavy atom. The van der Waals surface area contributed by atoms with Gasteiger partial charge in [-0.2, -0.15) is 0 Å². The van der Waals surface area contributed by atoms with Gasteiger partial charge in [-0.15, -0.1) is 11.6 Å². The second kappa shape index (κ2) is 5.81. The molecule has 2 aromatic carbocycles. The van der Waals surface area contributed by atoms with Crippen LogP contribution in [0.3, 0.4) is 0 Å². The van der Waals surface area contributed by atoms with Gasteiger partial charge in [0, 0.05) is 5.02 Å². The van der Waals surface area contributed by atoms with Crippen LogP contribution in [-0.2, 0) is 0 Å². The standard InChI is InChI=1S/C15H13Cl2FO/c1-9-7-10(3-5-12(9)16)15(17)11-4-6-14(19-2)13(18)8-11/h3-8,15H,1-2H3. The van der Waals surface area contributed by atoms with E-state index >= 15 is 0 Å². The molecule has 0 bridgehead atoms. The Labute approximate surface area is 121 Å². The van der Waals surface area contributed by atoms with E-state index in [0.29, 0.717) is 10.6 Å². The van der Waals surface area contributed by atoms with Crippen molar-refractivity contribution >= 4 is 23.2 Å². The first-order valence-electron chi connectivity index (χ1n) is 5.76. The molecule has 0 aliphatic rings. The summed E-state index contributed by atoms with van der Waals surface area (Å²) in [6.45, 7) is 1.91. The Bertz CT molecular complexity index is 599. The van der Waals surface area contributed by atoms with Gasteiger partial charge in [0.2, 0.25) is 0 Å². The third-order valence-corrected chi connectivity index (χ3v) is 3.87. The van der Waals surface area contributed by atoms with Gasteiger partial charge in [0.1, 0.15) is 0 Å². The molecule has 2 rings (SSSR count). The summed E-state index contributed by atoms with van der Waals surface area (Å²) in [5.41, 5.74) is 2.51. The van der Waals surface area contributed by atoms with E-state index in [2.05, 4.69) is 0 Å². The molecule has 4 heteroatoms. The summed E-state index contributed by atoms with van der Waals surface area (Å²) in [5.74, 6) is -0.212. The Balaban J connectivity index is 2.35. The second-order valence-corrected chi connectivity index (χ2v) is 5.11. The van der Waals surface area contributed by atoms with Gasteiger partial charge in [0.05, 0.1) is 12.5 Å². The Kier molecular flexibility index (Phi) is 4.33. The molecule has 0 aliphatic carbocycles. The number of aryl methyl sites for hydroxylation is 1. The highest BCUT2D eigenvalue weighted by Crippen LogP contribution is 2.32. The van der Waals surface area contributed by atoms with E-state index in [9.17, 15) is 4.39 Å². The maximum Gasteiger partial charge on any atom is 0.165 e. The molecular weight excluding hydrogens is 286 g/mol. The van der Waals surface area contributed by atoms with Crippen LogP contribution in [0.1, 0.15) is 22.1 Å². The van der Waals surface area contributed by atoms with E-state index < -0.39 is 11.2 Å². The van der Waals surface area contributed by atoms with Crippen LogP contribution < -0.4 is 4.74 Å². The van der Waals surface area contributed by atoms with E-state index in [1.54, 1.807) is 18.2 Å². The number of methoxy groups -OCH3 is 1. The maximum atomic E-state index is 13.7. The zero-order valence-corrected chi connectivity index (χ0v) is 12.1. The lowest BCUT2D eigenvalue weighted by atomic mass is 10.0. The summed E-state index contributed by atoms with van der Waals surface area (Å²) in [4.78, 5) is 0. The van der Waals surface area contributed by atoms with Gasteiger partial charge in [-0.05, 0) is 41.8 Å². The summed E-state index contributed by atoms with van der Waals surface area (Å²) in [5, 5.41) is 0.268. The zero-order chi connectivity index (χ0) is 14.0. The number of alkyl halides is 1. The number of halogens is 3. The van der Waals surface area contributed by atoms with E-state index in [4.69, 9.17) is 27.9 Å². The summed E-state index contributed by atoms with van der Waals surface area (Å²) < 4.78 is 18.5. The number of hydrogen-bond donors (Lipinski definition) is 0. The van der Waals surface area contributed by atoms with Gasteiger partial charge in [-0.3, -0.25) is 0 Å². The number of hydrogen-bond acceptors (Lipinski definition) is 1. The van der Waals surface area contributed by atoms with Crippen LogP contribution in [0, 0.1) is 12.7 Å². The maximum absolute atomic E-state index is 13.7. The second-order valence-electron chi connectivity index (χ2n) is 4.27. The van der Waals surface area contributed by atoms with Crippen molar-refractivity contribution < 1.29 is 9.13 Å². The highest BCUT2D eigenvalue weighted by atomic mass is 35.5. The van der Waals surface area contributed by atoms with Crippen LogP contribution in [0.2, 0.25) is 5.02 Å². The lowest BCUT2D eigenvalue weighted by Gasteiger charge is -2.13. The number of ether oxygens (including phenoxy) is 1. The van der Waals surface area contributed by atoms with Crippen molar-refractivity contribution in [3.8, 4) is 5.75 Å². The minimum Gasteiger partial charge on any atom is -0.494 e. The fourth-order valence-corrected chi connectivity index (χ4v) is 2.25. The lowest BCUT2D eigenvalue weighted by Crippen LogP contribution is -1.96. The predicted molar refractivity (Wildman–Crippen MR) is 76.8 cm³/mol. The van der Waals surface area contributed by atoms with Crippen LogP contribution in [0.25, 0.3) is 0 Å². The Morgan fingerprint density at radius 3 is 2.32 bits per heavy atom. The fraction of sp³-hybridized carbons (Fsp3) is 0.200. The molecule has 0 spiro atoms. The van der Waals surface area contributed by atoms with Gasteiger partial charge in [-0.1, -0.05) is 29.8 Å². The quantitative estimate of drug-likeness (QED) is 0.714. The monoisotopic (exact) mass is 298 g/mol. The van der Waals surface area contributed by atoms with Crippen LogP contribution in [0.4, 0.5) is 4.39 Å². The van der Waals surface area contributed by atoms with Crippen LogP contribution in [-0.4, -0.2) is 7.11 Å². The summed E-state index contributed by atoms with van der Waals surface area (Å²) >= 11 is 12.3. The van der Waals surface area contributed by atoms with Crippen LogP contribution in [0.5, 0.6) is 5.75 Å². The molecule has 0 saturated heterocycles. The normalized spacial score (nSPS) is 12.3. The van der Waals surface area contributed by atoms with Gasteiger partial charge in [0.15, 0.2) is 11.6 Å². The van der Waals surface area contributed by atoms with Crippen molar-refractivity contribution in [1.29, 1.82) is 0 Å². The molecule has 0 aliphatic heterocycles. The average Bonchev–Trinajstić information content (AvgIpc) is 2.41. The van der Waals surface area contributed by atoms with Crippen LogP contribution >= 0.6 is 23.2 Å². The molecule has 100 valence electrons. The third-order valence-electron chi connectivity index (χ3n) is 2.94. The molecule has 0 amide bonds. The first kappa shape index (κ1) is 14.2. The molecule has 0 aromatic heterocycles. The van der Waals surface area contributed by atoms with Gasteiger partial charge in [-0.25, -0.2) is 4.39 Å². The van der Waals surface area contributed by atoms with E-state index in [1.807, 2.05) is 19.1 Å². The molecule has 0 N–H and O–H groups in total. The predicted octanol–water partition coefficient (Wildman–Crippen LogP) is 5.12. The molecule has 0 fully saturated rings. The van der Waals surface area contributed by atoms with Crippen molar-refractivity contribution in [1.82, 2.24) is 0 Å². The largest absolute Gasteiger partial charge is 0.494 e. The molecule has 2 aromatic rings. The first-order valence-corrected chi connectivity index (χ1v) is 6.58. The van der Waals surface area contributed by atoms with Gasteiger partial charge in [0.25, 0.3) is 0 Å². The minimum absolute atomic E-state index is 0.208. The molecule has 1 atom stereocenters. The molecular formula is C15H13Cl2FO. The molecule has 0 saturated carbocycles. The van der Waals surface area contributed by atoms with Crippen molar-refractivity contribution in [2.45, 2.75) is 12.3 Å². The summed E-state index contributed by atoms with van der Waals surface area (Å²) in [6.07, 6.45) is 0.